The summed E-state index contributed by atoms with van der Waals surface area (Å²) in [5, 5.41) is 15.4. The molecule has 4 rings (SSSR count). The van der Waals surface area contributed by atoms with E-state index in [4.69, 9.17) is 19.5 Å². The molecule has 2 N–H and O–H groups in total. The van der Waals surface area contributed by atoms with Gasteiger partial charge in [0.1, 0.15) is 18.4 Å². The first-order valence-corrected chi connectivity index (χ1v) is 12.1. The van der Waals surface area contributed by atoms with Crippen LogP contribution in [0, 0.1) is 11.3 Å². The smallest absolute Gasteiger partial charge is 0.247 e. The number of benzene rings is 4. The summed E-state index contributed by atoms with van der Waals surface area (Å²) < 4.78 is 16.9. The molecule has 0 bridgehead atoms. The van der Waals surface area contributed by atoms with E-state index in [2.05, 4.69) is 16.7 Å². The predicted octanol–water partition coefficient (Wildman–Crippen LogP) is 5.62. The zero-order chi connectivity index (χ0) is 26.7. The van der Waals surface area contributed by atoms with Crippen LogP contribution in [0.3, 0.4) is 0 Å². The summed E-state index contributed by atoms with van der Waals surface area (Å²) in [6.07, 6.45) is 0. The van der Waals surface area contributed by atoms with Crippen molar-refractivity contribution in [3.63, 3.8) is 0 Å². The molecule has 0 aromatic heterocycles. The van der Waals surface area contributed by atoms with Gasteiger partial charge in [0, 0.05) is 12.2 Å². The first kappa shape index (κ1) is 26.1. The van der Waals surface area contributed by atoms with Gasteiger partial charge in [-0.1, -0.05) is 48.5 Å². The molecule has 0 unspecified atom stereocenters. The summed E-state index contributed by atoms with van der Waals surface area (Å²) in [6, 6.07) is 31.2. The summed E-state index contributed by atoms with van der Waals surface area (Å²) >= 11 is 0. The Morgan fingerprint density at radius 3 is 2.32 bits per heavy atom. The topological polar surface area (TPSA) is 92.6 Å². The van der Waals surface area contributed by atoms with E-state index in [0.29, 0.717) is 41.5 Å². The molecule has 4 aromatic rings. The zero-order valence-electron chi connectivity index (χ0n) is 21.3. The molecule has 7 heteroatoms. The molecule has 0 aliphatic heterocycles. The lowest BCUT2D eigenvalue weighted by atomic mass is 10.0. The SMILES string of the molecule is COc1cccc(COc2ccc([C@H](Nc3ccc(C#N)cc3)C(=O)NCc3ccccc3)cc2OC)c1. The standard InChI is InChI=1S/C31H29N3O4/c1-36-27-10-6-9-24(17-27)21-38-28-16-13-25(18-29(28)37-2)30(34-26-14-11-22(19-32)12-15-26)31(35)33-20-23-7-4-3-5-8-23/h3-18,30,34H,20-21H2,1-2H3,(H,33,35)/t30-/m0/s1. The normalized spacial score (nSPS) is 11.1. The minimum Gasteiger partial charge on any atom is -0.497 e. The third-order valence-corrected chi connectivity index (χ3v) is 5.95. The molecule has 1 atom stereocenters. The van der Waals surface area contributed by atoms with E-state index in [0.717, 1.165) is 16.9 Å². The fourth-order valence-electron chi connectivity index (χ4n) is 3.90. The predicted molar refractivity (Wildman–Crippen MR) is 146 cm³/mol. The van der Waals surface area contributed by atoms with Crippen LogP contribution in [-0.4, -0.2) is 20.1 Å². The zero-order valence-corrected chi connectivity index (χ0v) is 21.3. The Balaban J connectivity index is 1.56. The van der Waals surface area contributed by atoms with Gasteiger partial charge < -0.3 is 24.8 Å². The maximum Gasteiger partial charge on any atom is 0.247 e. The number of carbonyl (C=O) groups is 1. The Bertz CT molecular complexity index is 1400. The van der Waals surface area contributed by atoms with E-state index in [-0.39, 0.29) is 5.91 Å². The van der Waals surface area contributed by atoms with Gasteiger partial charge in [0.05, 0.1) is 25.9 Å². The number of carbonyl (C=O) groups excluding carboxylic acids is 1. The molecule has 0 saturated heterocycles. The van der Waals surface area contributed by atoms with Crippen molar-refractivity contribution in [1.82, 2.24) is 5.32 Å². The number of rotatable bonds is 11. The van der Waals surface area contributed by atoms with Crippen molar-refractivity contribution in [1.29, 1.82) is 5.26 Å². The summed E-state index contributed by atoms with van der Waals surface area (Å²) in [6.45, 7) is 0.724. The Morgan fingerprint density at radius 2 is 1.61 bits per heavy atom. The van der Waals surface area contributed by atoms with Crippen LogP contribution in [0.5, 0.6) is 17.2 Å². The molecule has 0 aliphatic carbocycles. The van der Waals surface area contributed by atoms with Crippen LogP contribution in [0.1, 0.15) is 28.3 Å². The van der Waals surface area contributed by atoms with Gasteiger partial charge in [0.15, 0.2) is 11.5 Å². The molecule has 0 aliphatic rings. The number of amides is 1. The van der Waals surface area contributed by atoms with Gasteiger partial charge in [-0.15, -0.1) is 0 Å². The quantitative estimate of drug-likeness (QED) is 0.274. The van der Waals surface area contributed by atoms with E-state index in [1.54, 1.807) is 50.6 Å². The minimum absolute atomic E-state index is 0.203. The van der Waals surface area contributed by atoms with Crippen LogP contribution in [-0.2, 0) is 17.9 Å². The molecule has 1 amide bonds. The fourth-order valence-corrected chi connectivity index (χ4v) is 3.90. The van der Waals surface area contributed by atoms with Gasteiger partial charge in [0.2, 0.25) is 5.91 Å². The maximum atomic E-state index is 13.4. The van der Waals surface area contributed by atoms with Crippen molar-refractivity contribution in [2.45, 2.75) is 19.2 Å². The number of methoxy groups -OCH3 is 2. The first-order chi connectivity index (χ1) is 18.6. The molecular weight excluding hydrogens is 478 g/mol. The first-order valence-electron chi connectivity index (χ1n) is 12.1. The number of ether oxygens (including phenoxy) is 3. The molecule has 38 heavy (non-hydrogen) atoms. The molecule has 0 heterocycles. The molecule has 7 nitrogen and oxygen atoms in total. The Morgan fingerprint density at radius 1 is 0.842 bits per heavy atom. The van der Waals surface area contributed by atoms with Crippen molar-refractivity contribution >= 4 is 11.6 Å². The highest BCUT2D eigenvalue weighted by atomic mass is 16.5. The van der Waals surface area contributed by atoms with Crippen LogP contribution < -0.4 is 24.8 Å². The molecule has 0 spiro atoms. The lowest BCUT2D eigenvalue weighted by molar-refractivity contribution is -0.122. The minimum atomic E-state index is -0.715. The summed E-state index contributed by atoms with van der Waals surface area (Å²) in [5.74, 6) is 1.62. The van der Waals surface area contributed by atoms with Gasteiger partial charge in [-0.2, -0.15) is 5.26 Å². The monoisotopic (exact) mass is 507 g/mol. The van der Waals surface area contributed by atoms with Crippen LogP contribution in [0.25, 0.3) is 0 Å². The second-order valence-corrected chi connectivity index (χ2v) is 8.52. The van der Waals surface area contributed by atoms with E-state index < -0.39 is 6.04 Å². The molecule has 192 valence electrons. The lowest BCUT2D eigenvalue weighted by Gasteiger charge is -2.21. The van der Waals surface area contributed by atoms with Gasteiger partial charge in [0.25, 0.3) is 0 Å². The Labute approximate surface area is 222 Å². The second kappa shape index (κ2) is 12.8. The van der Waals surface area contributed by atoms with E-state index >= 15 is 0 Å². The highest BCUT2D eigenvalue weighted by molar-refractivity contribution is 5.86. The number of hydrogen-bond acceptors (Lipinski definition) is 6. The summed E-state index contributed by atoms with van der Waals surface area (Å²) in [5.41, 5.74) is 3.90. The number of anilines is 1. The molecule has 0 radical (unpaired) electrons. The van der Waals surface area contributed by atoms with Crippen molar-refractivity contribution < 1.29 is 19.0 Å². The van der Waals surface area contributed by atoms with Gasteiger partial charge >= 0.3 is 0 Å². The highest BCUT2D eigenvalue weighted by Gasteiger charge is 2.22. The third kappa shape index (κ3) is 6.83. The van der Waals surface area contributed by atoms with E-state index in [9.17, 15) is 4.79 Å². The fraction of sp³-hybridized carbons (Fsp3) is 0.161. The average molecular weight is 508 g/mol. The Hall–Kier alpha value is -4.96. The maximum absolute atomic E-state index is 13.4. The van der Waals surface area contributed by atoms with Gasteiger partial charge in [-0.25, -0.2) is 0 Å². The van der Waals surface area contributed by atoms with Gasteiger partial charge in [-0.05, 0) is 65.2 Å². The number of hydrogen-bond donors (Lipinski definition) is 2. The van der Waals surface area contributed by atoms with Crippen molar-refractivity contribution in [2.75, 3.05) is 19.5 Å². The lowest BCUT2D eigenvalue weighted by Crippen LogP contribution is -2.33. The largest absolute Gasteiger partial charge is 0.497 e. The number of nitrogens with one attached hydrogen (secondary N) is 2. The summed E-state index contributed by atoms with van der Waals surface area (Å²) in [4.78, 5) is 13.4. The van der Waals surface area contributed by atoms with Crippen LogP contribution in [0.4, 0.5) is 5.69 Å². The molecule has 4 aromatic carbocycles. The van der Waals surface area contributed by atoms with Crippen LogP contribution in [0.2, 0.25) is 0 Å². The molecule has 0 saturated carbocycles. The number of nitriles is 1. The van der Waals surface area contributed by atoms with Crippen molar-refractivity contribution in [3.05, 3.63) is 119 Å². The van der Waals surface area contributed by atoms with Crippen molar-refractivity contribution in [3.8, 4) is 23.3 Å². The number of nitrogens with zero attached hydrogens (tertiary/aromatic N) is 1. The van der Waals surface area contributed by atoms with E-state index in [1.807, 2.05) is 60.7 Å². The second-order valence-electron chi connectivity index (χ2n) is 8.52. The van der Waals surface area contributed by atoms with Crippen LogP contribution in [0.15, 0.2) is 97.1 Å². The third-order valence-electron chi connectivity index (χ3n) is 5.95. The van der Waals surface area contributed by atoms with Gasteiger partial charge in [-0.3, -0.25) is 4.79 Å². The van der Waals surface area contributed by atoms with Crippen LogP contribution >= 0.6 is 0 Å². The summed E-state index contributed by atoms with van der Waals surface area (Å²) in [7, 11) is 3.19. The Kier molecular flexibility index (Phi) is 8.82. The molecular formula is C31H29N3O4. The van der Waals surface area contributed by atoms with E-state index in [1.165, 1.54) is 0 Å². The molecule has 0 fully saturated rings. The average Bonchev–Trinajstić information content (AvgIpc) is 2.98. The van der Waals surface area contributed by atoms with Crippen molar-refractivity contribution in [2.24, 2.45) is 0 Å². The highest BCUT2D eigenvalue weighted by Crippen LogP contribution is 2.32.